The molecule has 0 aliphatic rings. The molecule has 0 aliphatic heterocycles. The number of allylic oxidation sites excluding steroid dienone is 2. The Morgan fingerprint density at radius 2 is 1.62 bits per heavy atom. The van der Waals surface area contributed by atoms with Gasteiger partial charge in [0.2, 0.25) is 5.91 Å². The number of likely N-dealkylation sites (N-methyl/N-ethyl adjacent to an activating group) is 1. The Labute approximate surface area is 133 Å². The first-order chi connectivity index (χ1) is 9.84. The van der Waals surface area contributed by atoms with Crippen LogP contribution in [0.25, 0.3) is 0 Å². The SMILES string of the molecule is CCCCCCC(/C=C/[Si](C)(C)C)=C\C(=O)N(CC)CC. The van der Waals surface area contributed by atoms with Gasteiger partial charge in [0, 0.05) is 19.2 Å². The first kappa shape index (κ1) is 20.2. The van der Waals surface area contributed by atoms with Crippen molar-refractivity contribution in [2.75, 3.05) is 13.1 Å². The molecule has 1 amide bonds. The normalized spacial score (nSPS) is 13.0. The molecule has 0 aliphatic carbocycles. The molecule has 21 heavy (non-hydrogen) atoms. The topological polar surface area (TPSA) is 20.3 Å². The minimum atomic E-state index is -1.22. The number of carbonyl (C=O) groups is 1. The standard InChI is InChI=1S/C18H35NOSi/c1-7-10-11-12-13-17(14-15-21(4,5)6)16-18(20)19(8-2)9-3/h14-16H,7-13H2,1-6H3/b15-14+,17-16+. The van der Waals surface area contributed by atoms with E-state index in [4.69, 9.17) is 0 Å². The molecule has 0 unspecified atom stereocenters. The number of nitrogens with zero attached hydrogens (tertiary/aromatic N) is 1. The fourth-order valence-electron chi connectivity index (χ4n) is 2.10. The molecule has 0 saturated heterocycles. The van der Waals surface area contributed by atoms with E-state index in [9.17, 15) is 4.79 Å². The first-order valence-corrected chi connectivity index (χ1v) is 12.1. The zero-order chi connectivity index (χ0) is 16.3. The number of carbonyl (C=O) groups excluding carboxylic acids is 1. The van der Waals surface area contributed by atoms with Crippen LogP contribution < -0.4 is 0 Å². The van der Waals surface area contributed by atoms with Crippen molar-refractivity contribution in [1.82, 2.24) is 4.90 Å². The largest absolute Gasteiger partial charge is 0.340 e. The zero-order valence-corrected chi connectivity index (χ0v) is 16.0. The average Bonchev–Trinajstić information content (AvgIpc) is 2.41. The van der Waals surface area contributed by atoms with Crippen LogP contribution in [0.5, 0.6) is 0 Å². The van der Waals surface area contributed by atoms with Gasteiger partial charge in [0.15, 0.2) is 0 Å². The van der Waals surface area contributed by atoms with Crippen LogP contribution in [0.15, 0.2) is 23.4 Å². The van der Waals surface area contributed by atoms with Crippen molar-refractivity contribution < 1.29 is 4.79 Å². The quantitative estimate of drug-likeness (QED) is 0.235. The van der Waals surface area contributed by atoms with Gasteiger partial charge < -0.3 is 4.90 Å². The fourth-order valence-corrected chi connectivity index (χ4v) is 2.82. The Hall–Kier alpha value is -0.833. The van der Waals surface area contributed by atoms with Gasteiger partial charge in [-0.2, -0.15) is 0 Å². The molecule has 0 radical (unpaired) electrons. The molecular weight excluding hydrogens is 274 g/mol. The third-order valence-corrected chi connectivity index (χ3v) is 4.67. The molecule has 0 atom stereocenters. The van der Waals surface area contributed by atoms with E-state index in [1.54, 1.807) is 0 Å². The Bertz CT molecular complexity index is 349. The van der Waals surface area contributed by atoms with Crippen molar-refractivity contribution in [3.63, 3.8) is 0 Å². The lowest BCUT2D eigenvalue weighted by Gasteiger charge is -2.17. The molecular formula is C18H35NOSi. The zero-order valence-electron chi connectivity index (χ0n) is 15.0. The van der Waals surface area contributed by atoms with Crippen molar-refractivity contribution in [2.45, 2.75) is 72.5 Å². The van der Waals surface area contributed by atoms with E-state index in [0.29, 0.717) is 0 Å². The van der Waals surface area contributed by atoms with Gasteiger partial charge in [0.25, 0.3) is 0 Å². The molecule has 0 N–H and O–H groups in total. The summed E-state index contributed by atoms with van der Waals surface area (Å²) in [7, 11) is -1.22. The molecule has 0 aromatic rings. The lowest BCUT2D eigenvalue weighted by molar-refractivity contribution is -0.125. The summed E-state index contributed by atoms with van der Waals surface area (Å²) in [5, 5.41) is 0. The number of hydrogen-bond donors (Lipinski definition) is 0. The van der Waals surface area contributed by atoms with E-state index in [-0.39, 0.29) is 5.91 Å². The second kappa shape index (κ2) is 10.8. The second-order valence-electron chi connectivity index (χ2n) is 6.74. The fraction of sp³-hybridized carbons (Fsp3) is 0.722. The van der Waals surface area contributed by atoms with Crippen LogP contribution in [0.4, 0.5) is 0 Å². The summed E-state index contributed by atoms with van der Waals surface area (Å²) in [5.41, 5.74) is 3.54. The molecule has 0 heterocycles. The molecule has 0 bridgehead atoms. The van der Waals surface area contributed by atoms with Crippen LogP contribution in [-0.4, -0.2) is 32.0 Å². The van der Waals surface area contributed by atoms with E-state index >= 15 is 0 Å². The first-order valence-electron chi connectivity index (χ1n) is 8.52. The van der Waals surface area contributed by atoms with Gasteiger partial charge in [0.05, 0.1) is 8.07 Å². The highest BCUT2D eigenvalue weighted by Crippen LogP contribution is 2.14. The predicted molar refractivity (Wildman–Crippen MR) is 97.3 cm³/mol. The summed E-state index contributed by atoms with van der Waals surface area (Å²) in [4.78, 5) is 14.1. The minimum Gasteiger partial charge on any atom is -0.340 e. The maximum Gasteiger partial charge on any atom is 0.246 e. The Balaban J connectivity index is 4.85. The Morgan fingerprint density at radius 1 is 1.00 bits per heavy atom. The highest BCUT2D eigenvalue weighted by molar-refractivity contribution is 6.81. The number of amides is 1. The molecule has 3 heteroatoms. The summed E-state index contributed by atoms with van der Waals surface area (Å²) >= 11 is 0. The number of unbranched alkanes of at least 4 members (excludes halogenated alkanes) is 3. The van der Waals surface area contributed by atoms with Crippen LogP contribution in [-0.2, 0) is 4.79 Å². The van der Waals surface area contributed by atoms with E-state index < -0.39 is 8.07 Å². The Kier molecular flexibility index (Phi) is 10.4. The predicted octanol–water partition coefficient (Wildman–Crippen LogP) is 5.19. The van der Waals surface area contributed by atoms with E-state index in [1.165, 1.54) is 31.3 Å². The van der Waals surface area contributed by atoms with Crippen LogP contribution >= 0.6 is 0 Å². The lowest BCUT2D eigenvalue weighted by atomic mass is 10.1. The summed E-state index contributed by atoms with van der Waals surface area (Å²) in [6.07, 6.45) is 10.1. The third-order valence-electron chi connectivity index (χ3n) is 3.50. The Morgan fingerprint density at radius 3 is 2.10 bits per heavy atom. The van der Waals surface area contributed by atoms with Crippen molar-refractivity contribution >= 4 is 14.0 Å². The molecule has 122 valence electrons. The third kappa shape index (κ3) is 10.5. The van der Waals surface area contributed by atoms with Crippen LogP contribution in [0.1, 0.15) is 52.9 Å². The summed E-state index contributed by atoms with van der Waals surface area (Å²) < 4.78 is 0. The highest BCUT2D eigenvalue weighted by Gasteiger charge is 2.10. The molecule has 0 saturated carbocycles. The van der Waals surface area contributed by atoms with Crippen molar-refractivity contribution in [3.8, 4) is 0 Å². The van der Waals surface area contributed by atoms with E-state index in [2.05, 4.69) is 38.3 Å². The smallest absolute Gasteiger partial charge is 0.246 e. The maximum atomic E-state index is 12.3. The summed E-state index contributed by atoms with van der Waals surface area (Å²) in [6, 6.07) is 0. The molecule has 0 rings (SSSR count). The van der Waals surface area contributed by atoms with Crippen molar-refractivity contribution in [2.24, 2.45) is 0 Å². The van der Waals surface area contributed by atoms with Crippen LogP contribution in [0.2, 0.25) is 19.6 Å². The molecule has 0 aromatic heterocycles. The minimum absolute atomic E-state index is 0.158. The molecule has 0 fully saturated rings. The van der Waals surface area contributed by atoms with E-state index in [0.717, 1.165) is 19.5 Å². The number of rotatable bonds is 10. The summed E-state index contributed by atoms with van der Waals surface area (Å²) in [5.74, 6) is 0.158. The van der Waals surface area contributed by atoms with Gasteiger partial charge in [0.1, 0.15) is 0 Å². The van der Waals surface area contributed by atoms with Gasteiger partial charge in [-0.15, -0.1) is 0 Å². The van der Waals surface area contributed by atoms with Gasteiger partial charge in [-0.05, 0) is 32.3 Å². The monoisotopic (exact) mass is 309 g/mol. The molecule has 0 spiro atoms. The van der Waals surface area contributed by atoms with Crippen LogP contribution in [0.3, 0.4) is 0 Å². The molecule has 2 nitrogen and oxygen atoms in total. The summed E-state index contributed by atoms with van der Waals surface area (Å²) in [6.45, 7) is 14.8. The van der Waals surface area contributed by atoms with Crippen LogP contribution in [0, 0.1) is 0 Å². The lowest BCUT2D eigenvalue weighted by Crippen LogP contribution is -2.29. The van der Waals surface area contributed by atoms with Gasteiger partial charge in [-0.3, -0.25) is 4.79 Å². The van der Waals surface area contributed by atoms with E-state index in [1.807, 2.05) is 24.8 Å². The average molecular weight is 310 g/mol. The maximum absolute atomic E-state index is 12.3. The number of hydrogen-bond acceptors (Lipinski definition) is 1. The van der Waals surface area contributed by atoms with Crippen molar-refractivity contribution in [3.05, 3.63) is 23.4 Å². The molecule has 0 aromatic carbocycles. The van der Waals surface area contributed by atoms with Gasteiger partial charge >= 0.3 is 0 Å². The van der Waals surface area contributed by atoms with Gasteiger partial charge in [-0.25, -0.2) is 0 Å². The van der Waals surface area contributed by atoms with Crippen molar-refractivity contribution in [1.29, 1.82) is 0 Å². The highest BCUT2D eigenvalue weighted by atomic mass is 28.3. The second-order valence-corrected chi connectivity index (χ2v) is 11.8. The van der Waals surface area contributed by atoms with Gasteiger partial charge in [-0.1, -0.05) is 57.6 Å².